The molecule has 22 heavy (non-hydrogen) atoms. The molecule has 0 fully saturated rings. The molecule has 0 aliphatic heterocycles. The van der Waals surface area contributed by atoms with E-state index in [-0.39, 0.29) is 11.9 Å². The van der Waals surface area contributed by atoms with Gasteiger partial charge in [-0.15, -0.1) is 0 Å². The number of amides is 1. The largest absolute Gasteiger partial charge is 0.444 e. The number of nitrogens with one attached hydrogen (secondary N) is 1. The molecule has 5 heteroatoms. The first-order chi connectivity index (χ1) is 10.2. The Morgan fingerprint density at radius 2 is 2.09 bits per heavy atom. The Morgan fingerprint density at radius 3 is 2.73 bits per heavy atom. The zero-order valence-electron chi connectivity index (χ0n) is 13.7. The van der Waals surface area contributed by atoms with Gasteiger partial charge in [0.2, 0.25) is 0 Å². The van der Waals surface area contributed by atoms with Crippen LogP contribution in [-0.2, 0) is 18.2 Å². The van der Waals surface area contributed by atoms with Crippen LogP contribution in [0.15, 0.2) is 24.4 Å². The Kier molecular flexibility index (Phi) is 4.44. The Morgan fingerprint density at radius 1 is 1.41 bits per heavy atom. The highest BCUT2D eigenvalue weighted by molar-refractivity contribution is 5.84. The van der Waals surface area contributed by atoms with Crippen molar-refractivity contribution in [2.75, 3.05) is 0 Å². The molecule has 0 radical (unpaired) electrons. The second-order valence-corrected chi connectivity index (χ2v) is 6.68. The number of hydrogen-bond donors (Lipinski definition) is 1. The number of fused-ring (bicyclic) bond motifs is 1. The molecule has 1 heterocycles. The van der Waals surface area contributed by atoms with Gasteiger partial charge in [-0.3, -0.25) is 0 Å². The van der Waals surface area contributed by atoms with Crippen LogP contribution >= 0.6 is 0 Å². The van der Waals surface area contributed by atoms with E-state index in [1.807, 2.05) is 45.5 Å². The molecule has 1 amide bonds. The molecule has 1 N–H and O–H groups in total. The lowest BCUT2D eigenvalue weighted by Crippen LogP contribution is -2.38. The van der Waals surface area contributed by atoms with Crippen LogP contribution < -0.4 is 5.32 Å². The summed E-state index contributed by atoms with van der Waals surface area (Å²) in [6.07, 6.45) is 2.14. The summed E-state index contributed by atoms with van der Waals surface area (Å²) in [5, 5.41) is 3.68. The summed E-state index contributed by atoms with van der Waals surface area (Å²) in [6, 6.07) is 4.64. The number of aryl methyl sites for hydroxylation is 1. The van der Waals surface area contributed by atoms with Crippen LogP contribution in [0, 0.1) is 5.82 Å². The molecular weight excluding hydrogens is 283 g/mol. The lowest BCUT2D eigenvalue weighted by atomic mass is 10.1. The van der Waals surface area contributed by atoms with E-state index >= 15 is 0 Å². The number of carbonyl (C=O) groups is 1. The zero-order valence-corrected chi connectivity index (χ0v) is 13.7. The second-order valence-electron chi connectivity index (χ2n) is 6.68. The Bertz CT molecular complexity index is 686. The molecule has 0 aliphatic rings. The summed E-state index contributed by atoms with van der Waals surface area (Å²) in [5.74, 6) is -0.257. The fourth-order valence-corrected chi connectivity index (χ4v) is 2.50. The van der Waals surface area contributed by atoms with E-state index in [4.69, 9.17) is 4.74 Å². The standard InChI is InChI=1S/C17H23FN2O2/c1-11(19-16(21)22-17(2,3)4)8-12-10-20(5)15-7-6-13(18)9-14(12)15/h6-7,9-11H,8H2,1-5H3,(H,19,21). The highest BCUT2D eigenvalue weighted by Gasteiger charge is 2.18. The summed E-state index contributed by atoms with van der Waals surface area (Å²) in [4.78, 5) is 11.8. The van der Waals surface area contributed by atoms with E-state index in [0.29, 0.717) is 6.42 Å². The first-order valence-electron chi connectivity index (χ1n) is 7.38. The molecule has 0 saturated carbocycles. The fraction of sp³-hybridized carbons (Fsp3) is 0.471. The van der Waals surface area contributed by atoms with Crippen LogP contribution in [0.4, 0.5) is 9.18 Å². The van der Waals surface area contributed by atoms with Crippen molar-refractivity contribution in [3.8, 4) is 0 Å². The van der Waals surface area contributed by atoms with Crippen molar-refractivity contribution in [1.82, 2.24) is 9.88 Å². The number of benzene rings is 1. The van der Waals surface area contributed by atoms with E-state index in [2.05, 4.69) is 5.32 Å². The molecule has 2 rings (SSSR count). The van der Waals surface area contributed by atoms with Gasteiger partial charge in [0.1, 0.15) is 11.4 Å². The van der Waals surface area contributed by atoms with Crippen LogP contribution in [0.3, 0.4) is 0 Å². The highest BCUT2D eigenvalue weighted by atomic mass is 19.1. The molecule has 120 valence electrons. The summed E-state index contributed by atoms with van der Waals surface area (Å²) in [7, 11) is 1.93. The molecule has 1 unspecified atom stereocenters. The number of carbonyl (C=O) groups excluding carboxylic acids is 1. The van der Waals surface area contributed by atoms with Crippen molar-refractivity contribution < 1.29 is 13.9 Å². The minimum Gasteiger partial charge on any atom is -0.444 e. The van der Waals surface area contributed by atoms with Crippen molar-refractivity contribution in [3.63, 3.8) is 0 Å². The molecule has 0 bridgehead atoms. The monoisotopic (exact) mass is 306 g/mol. The molecule has 1 aromatic heterocycles. The van der Waals surface area contributed by atoms with Crippen LogP contribution in [0.1, 0.15) is 33.3 Å². The number of alkyl carbamates (subject to hydrolysis) is 1. The number of aromatic nitrogens is 1. The maximum atomic E-state index is 13.5. The van der Waals surface area contributed by atoms with Gasteiger partial charge in [0.05, 0.1) is 0 Å². The first-order valence-corrected chi connectivity index (χ1v) is 7.38. The van der Waals surface area contributed by atoms with E-state index in [9.17, 15) is 9.18 Å². The zero-order chi connectivity index (χ0) is 16.5. The summed E-state index contributed by atoms with van der Waals surface area (Å²) in [6.45, 7) is 7.38. The number of ether oxygens (including phenoxy) is 1. The van der Waals surface area contributed by atoms with Crippen molar-refractivity contribution in [1.29, 1.82) is 0 Å². The van der Waals surface area contributed by atoms with Crippen LogP contribution in [0.2, 0.25) is 0 Å². The fourth-order valence-electron chi connectivity index (χ4n) is 2.50. The van der Waals surface area contributed by atoms with Gasteiger partial charge < -0.3 is 14.6 Å². The average Bonchev–Trinajstić information content (AvgIpc) is 2.62. The maximum absolute atomic E-state index is 13.5. The molecule has 4 nitrogen and oxygen atoms in total. The van der Waals surface area contributed by atoms with E-state index in [1.54, 1.807) is 6.07 Å². The number of halogens is 1. The quantitative estimate of drug-likeness (QED) is 0.938. The third-order valence-electron chi connectivity index (χ3n) is 3.32. The number of nitrogens with zero attached hydrogens (tertiary/aromatic N) is 1. The third-order valence-corrected chi connectivity index (χ3v) is 3.32. The van der Waals surface area contributed by atoms with Gasteiger partial charge in [-0.1, -0.05) is 0 Å². The Hall–Kier alpha value is -2.04. The van der Waals surface area contributed by atoms with Gasteiger partial charge in [0.15, 0.2) is 0 Å². The van der Waals surface area contributed by atoms with Crippen LogP contribution in [0.25, 0.3) is 10.9 Å². The van der Waals surface area contributed by atoms with E-state index in [1.165, 1.54) is 12.1 Å². The Labute approximate surface area is 130 Å². The van der Waals surface area contributed by atoms with Gasteiger partial charge in [0, 0.05) is 30.2 Å². The molecule has 1 aromatic carbocycles. The van der Waals surface area contributed by atoms with Crippen molar-refractivity contribution in [2.45, 2.75) is 45.8 Å². The topological polar surface area (TPSA) is 43.3 Å². The first kappa shape index (κ1) is 16.3. The number of hydrogen-bond acceptors (Lipinski definition) is 2. The van der Waals surface area contributed by atoms with Crippen molar-refractivity contribution in [3.05, 3.63) is 35.8 Å². The van der Waals surface area contributed by atoms with Crippen LogP contribution in [-0.4, -0.2) is 22.3 Å². The lowest BCUT2D eigenvalue weighted by molar-refractivity contribution is 0.0508. The van der Waals surface area contributed by atoms with Gasteiger partial charge in [0.25, 0.3) is 0 Å². The van der Waals surface area contributed by atoms with Crippen LogP contribution in [0.5, 0.6) is 0 Å². The van der Waals surface area contributed by atoms with Gasteiger partial charge in [-0.2, -0.15) is 0 Å². The average molecular weight is 306 g/mol. The second kappa shape index (κ2) is 5.99. The van der Waals surface area contributed by atoms with E-state index < -0.39 is 11.7 Å². The minimum atomic E-state index is -0.521. The van der Waals surface area contributed by atoms with E-state index in [0.717, 1.165) is 16.5 Å². The molecule has 2 aromatic rings. The summed E-state index contributed by atoms with van der Waals surface area (Å²) < 4.78 is 20.7. The molecule has 0 saturated heterocycles. The molecule has 0 spiro atoms. The molecular formula is C17H23FN2O2. The van der Waals surface area contributed by atoms with Gasteiger partial charge >= 0.3 is 6.09 Å². The Balaban J connectivity index is 2.10. The third kappa shape index (κ3) is 4.00. The summed E-state index contributed by atoms with van der Waals surface area (Å²) >= 11 is 0. The molecule has 0 aliphatic carbocycles. The van der Waals surface area contributed by atoms with Crippen molar-refractivity contribution in [2.24, 2.45) is 7.05 Å². The summed E-state index contributed by atoms with van der Waals surface area (Å²) in [5.41, 5.74) is 1.45. The van der Waals surface area contributed by atoms with Gasteiger partial charge in [-0.25, -0.2) is 9.18 Å². The van der Waals surface area contributed by atoms with Crippen molar-refractivity contribution >= 4 is 17.0 Å². The van der Waals surface area contributed by atoms with Gasteiger partial charge in [-0.05, 0) is 57.9 Å². The maximum Gasteiger partial charge on any atom is 0.407 e. The highest BCUT2D eigenvalue weighted by Crippen LogP contribution is 2.23. The smallest absolute Gasteiger partial charge is 0.407 e. The normalized spacial score (nSPS) is 13.2. The molecule has 1 atom stereocenters. The lowest BCUT2D eigenvalue weighted by Gasteiger charge is -2.21. The predicted molar refractivity (Wildman–Crippen MR) is 85.4 cm³/mol. The number of rotatable bonds is 3. The SMILES string of the molecule is CC(Cc1cn(C)c2ccc(F)cc12)NC(=O)OC(C)(C)C. The minimum absolute atomic E-state index is 0.108. The predicted octanol–water partition coefficient (Wildman–Crippen LogP) is 3.77.